The van der Waals surface area contributed by atoms with Gasteiger partial charge in [0, 0.05) is 19.0 Å². The first kappa shape index (κ1) is 14.6. The van der Waals surface area contributed by atoms with Crippen molar-refractivity contribution < 1.29 is 0 Å². The molecule has 114 valence electrons. The van der Waals surface area contributed by atoms with E-state index in [1.165, 1.54) is 43.4 Å². The Balaban J connectivity index is 1.78. The van der Waals surface area contributed by atoms with E-state index in [0.717, 1.165) is 24.4 Å². The van der Waals surface area contributed by atoms with Crippen molar-refractivity contribution in [3.63, 3.8) is 0 Å². The summed E-state index contributed by atoms with van der Waals surface area (Å²) in [6, 6.07) is 9.04. The molecular weight excluding hydrogens is 258 g/mol. The van der Waals surface area contributed by atoms with Gasteiger partial charge in [-0.3, -0.25) is 0 Å². The number of imidazole rings is 1. The number of fused-ring (bicyclic) bond motifs is 1. The molecule has 0 amide bonds. The lowest BCUT2D eigenvalue weighted by Crippen LogP contribution is -2.30. The second-order valence-corrected chi connectivity index (χ2v) is 6.34. The van der Waals surface area contributed by atoms with Crippen LogP contribution in [0.1, 0.15) is 44.9 Å². The van der Waals surface area contributed by atoms with Gasteiger partial charge in [0.2, 0.25) is 0 Å². The molecule has 21 heavy (non-hydrogen) atoms. The van der Waals surface area contributed by atoms with Crippen molar-refractivity contribution >= 4 is 11.0 Å². The van der Waals surface area contributed by atoms with Crippen LogP contribution in [0, 0.1) is 5.92 Å². The fourth-order valence-electron chi connectivity index (χ4n) is 3.81. The third-order valence-electron chi connectivity index (χ3n) is 4.98. The van der Waals surface area contributed by atoms with E-state index in [0.29, 0.717) is 6.04 Å². The fourth-order valence-corrected chi connectivity index (χ4v) is 3.81. The molecule has 1 N–H and O–H groups in total. The van der Waals surface area contributed by atoms with Gasteiger partial charge in [-0.25, -0.2) is 4.98 Å². The lowest BCUT2D eigenvalue weighted by Gasteiger charge is -2.20. The molecular formula is C18H27N3. The maximum atomic E-state index is 4.87. The normalized spacial score (nSPS) is 17.6. The fraction of sp³-hybridized carbons (Fsp3) is 0.611. The van der Waals surface area contributed by atoms with Gasteiger partial charge in [-0.1, -0.05) is 37.8 Å². The van der Waals surface area contributed by atoms with Crippen LogP contribution >= 0.6 is 0 Å². The lowest BCUT2D eigenvalue weighted by molar-refractivity contribution is 0.395. The second-order valence-electron chi connectivity index (χ2n) is 6.34. The van der Waals surface area contributed by atoms with Crippen LogP contribution in [0.3, 0.4) is 0 Å². The lowest BCUT2D eigenvalue weighted by atomic mass is 9.96. The zero-order chi connectivity index (χ0) is 14.7. The Kier molecular flexibility index (Phi) is 4.59. The minimum absolute atomic E-state index is 0.551. The van der Waals surface area contributed by atoms with Gasteiger partial charge in [-0.05, 0) is 38.4 Å². The van der Waals surface area contributed by atoms with Gasteiger partial charge in [-0.15, -0.1) is 0 Å². The number of hydrogen-bond donors (Lipinski definition) is 1. The van der Waals surface area contributed by atoms with Crippen LogP contribution in [0.15, 0.2) is 24.3 Å². The summed E-state index contributed by atoms with van der Waals surface area (Å²) < 4.78 is 2.37. The first-order chi connectivity index (χ1) is 10.3. The van der Waals surface area contributed by atoms with Gasteiger partial charge in [0.05, 0.1) is 11.0 Å². The van der Waals surface area contributed by atoms with Crippen LogP contribution < -0.4 is 5.32 Å². The van der Waals surface area contributed by atoms with E-state index in [9.17, 15) is 0 Å². The number of benzene rings is 1. The molecule has 0 spiro atoms. The average Bonchev–Trinajstić information content (AvgIpc) is 3.13. The number of likely N-dealkylation sites (N-methyl/N-ethyl adjacent to an activating group) is 1. The number of hydrogen-bond acceptors (Lipinski definition) is 2. The van der Waals surface area contributed by atoms with Crippen molar-refractivity contribution in [3.8, 4) is 0 Å². The van der Waals surface area contributed by atoms with E-state index < -0.39 is 0 Å². The third kappa shape index (κ3) is 3.13. The Bertz CT molecular complexity index is 581. The Morgan fingerprint density at radius 1 is 1.29 bits per heavy atom. The van der Waals surface area contributed by atoms with Crippen molar-refractivity contribution in [1.29, 1.82) is 0 Å². The van der Waals surface area contributed by atoms with E-state index in [1.54, 1.807) is 0 Å². The van der Waals surface area contributed by atoms with E-state index >= 15 is 0 Å². The van der Waals surface area contributed by atoms with Crippen LogP contribution in [-0.2, 0) is 13.0 Å². The first-order valence-electron chi connectivity index (χ1n) is 8.43. The molecule has 1 fully saturated rings. The molecule has 1 atom stereocenters. The molecule has 0 radical (unpaired) electrons. The molecule has 1 aliphatic rings. The van der Waals surface area contributed by atoms with Gasteiger partial charge in [0.15, 0.2) is 0 Å². The van der Waals surface area contributed by atoms with Crippen LogP contribution in [0.25, 0.3) is 11.0 Å². The Labute approximate surface area is 127 Å². The Morgan fingerprint density at radius 2 is 2.05 bits per heavy atom. The second kappa shape index (κ2) is 6.61. The maximum absolute atomic E-state index is 4.87. The SMILES string of the molecule is CCn1c(CC(CC2CCCC2)NC)nc2ccccc21. The summed E-state index contributed by atoms with van der Waals surface area (Å²) in [5.41, 5.74) is 2.40. The molecule has 1 aliphatic carbocycles. The summed E-state index contributed by atoms with van der Waals surface area (Å²) in [6.07, 6.45) is 8.02. The van der Waals surface area contributed by atoms with Crippen molar-refractivity contribution in [3.05, 3.63) is 30.1 Å². The van der Waals surface area contributed by atoms with Gasteiger partial charge in [-0.2, -0.15) is 0 Å². The van der Waals surface area contributed by atoms with Crippen LogP contribution in [-0.4, -0.2) is 22.6 Å². The first-order valence-corrected chi connectivity index (χ1v) is 8.43. The monoisotopic (exact) mass is 285 g/mol. The number of aryl methyl sites for hydroxylation is 1. The van der Waals surface area contributed by atoms with E-state index in [-0.39, 0.29) is 0 Å². The zero-order valence-corrected chi connectivity index (χ0v) is 13.3. The summed E-state index contributed by atoms with van der Waals surface area (Å²) in [5, 5.41) is 3.52. The van der Waals surface area contributed by atoms with E-state index in [2.05, 4.69) is 48.1 Å². The van der Waals surface area contributed by atoms with Crippen molar-refractivity contribution in [1.82, 2.24) is 14.9 Å². The van der Waals surface area contributed by atoms with Gasteiger partial charge in [0.1, 0.15) is 5.82 Å². The molecule has 3 nitrogen and oxygen atoms in total. The predicted octanol–water partition coefficient (Wildman–Crippen LogP) is 3.77. The van der Waals surface area contributed by atoms with Gasteiger partial charge < -0.3 is 9.88 Å². The molecule has 1 saturated carbocycles. The molecule has 0 bridgehead atoms. The van der Waals surface area contributed by atoms with Crippen molar-refractivity contribution in [2.75, 3.05) is 7.05 Å². The van der Waals surface area contributed by atoms with Crippen molar-refractivity contribution in [2.45, 2.75) is 58.0 Å². The topological polar surface area (TPSA) is 29.9 Å². The number of aromatic nitrogens is 2. The molecule has 2 aromatic rings. The minimum atomic E-state index is 0.551. The summed E-state index contributed by atoms with van der Waals surface area (Å²) >= 11 is 0. The zero-order valence-electron chi connectivity index (χ0n) is 13.3. The van der Waals surface area contributed by atoms with Gasteiger partial charge in [0.25, 0.3) is 0 Å². The third-order valence-corrected chi connectivity index (χ3v) is 4.98. The Hall–Kier alpha value is -1.35. The molecule has 1 aromatic heterocycles. The minimum Gasteiger partial charge on any atom is -0.328 e. The summed E-state index contributed by atoms with van der Waals surface area (Å²) in [6.45, 7) is 3.21. The van der Waals surface area contributed by atoms with E-state index in [4.69, 9.17) is 4.98 Å². The number of rotatable bonds is 6. The smallest absolute Gasteiger partial charge is 0.111 e. The molecule has 1 heterocycles. The summed E-state index contributed by atoms with van der Waals surface area (Å²) in [4.78, 5) is 4.87. The molecule has 3 heteroatoms. The van der Waals surface area contributed by atoms with Gasteiger partial charge >= 0.3 is 0 Å². The van der Waals surface area contributed by atoms with E-state index in [1.807, 2.05) is 0 Å². The predicted molar refractivity (Wildman–Crippen MR) is 88.5 cm³/mol. The molecule has 1 unspecified atom stereocenters. The van der Waals surface area contributed by atoms with Crippen molar-refractivity contribution in [2.24, 2.45) is 5.92 Å². The van der Waals surface area contributed by atoms with Crippen LogP contribution in [0.2, 0.25) is 0 Å². The number of nitrogens with one attached hydrogen (secondary N) is 1. The van der Waals surface area contributed by atoms with Crippen LogP contribution in [0.5, 0.6) is 0 Å². The standard InChI is InChI=1S/C18H27N3/c1-3-21-17-11-7-6-10-16(17)20-18(21)13-15(19-2)12-14-8-4-5-9-14/h6-7,10-11,14-15,19H,3-5,8-9,12-13H2,1-2H3. The number of para-hydroxylation sites is 2. The maximum Gasteiger partial charge on any atom is 0.111 e. The average molecular weight is 285 g/mol. The number of nitrogens with zero attached hydrogens (tertiary/aromatic N) is 2. The highest BCUT2D eigenvalue weighted by molar-refractivity contribution is 5.75. The molecule has 0 aliphatic heterocycles. The highest BCUT2D eigenvalue weighted by Crippen LogP contribution is 2.29. The molecule has 1 aromatic carbocycles. The quantitative estimate of drug-likeness (QED) is 0.875. The Morgan fingerprint density at radius 3 is 2.76 bits per heavy atom. The summed E-state index contributed by atoms with van der Waals surface area (Å²) in [7, 11) is 2.10. The highest BCUT2D eigenvalue weighted by Gasteiger charge is 2.21. The highest BCUT2D eigenvalue weighted by atomic mass is 15.1. The summed E-state index contributed by atoms with van der Waals surface area (Å²) in [5.74, 6) is 2.15. The molecule has 3 rings (SSSR count). The van der Waals surface area contributed by atoms with Crippen LogP contribution in [0.4, 0.5) is 0 Å². The molecule has 0 saturated heterocycles. The largest absolute Gasteiger partial charge is 0.328 e.